The lowest BCUT2D eigenvalue weighted by molar-refractivity contribution is -0.137. The zero-order chi connectivity index (χ0) is 16.3. The molecule has 0 bridgehead atoms. The average molecular weight is 340 g/mol. The van der Waals surface area contributed by atoms with E-state index in [0.29, 0.717) is 6.42 Å². The summed E-state index contributed by atoms with van der Waals surface area (Å²) >= 11 is 4.60. The highest BCUT2D eigenvalue weighted by atomic mass is 32.2. The maximum absolute atomic E-state index is 12.9. The fourth-order valence-electron chi connectivity index (χ4n) is 1.67. The quantitative estimate of drug-likeness (QED) is 0.613. The largest absolute Gasteiger partial charge is 0.417 e. The van der Waals surface area contributed by atoms with E-state index >= 15 is 0 Å². The zero-order valence-electron chi connectivity index (χ0n) is 11.2. The first-order valence-corrected chi connectivity index (χ1v) is 8.40. The maximum Gasteiger partial charge on any atom is 0.417 e. The van der Waals surface area contributed by atoms with Gasteiger partial charge in [-0.1, -0.05) is 12.2 Å². The van der Waals surface area contributed by atoms with E-state index in [1.807, 2.05) is 0 Å². The highest BCUT2D eigenvalue weighted by Gasteiger charge is 2.34. The summed E-state index contributed by atoms with van der Waals surface area (Å²) in [7, 11) is -3.08. The van der Waals surface area contributed by atoms with Gasteiger partial charge in [-0.15, -0.1) is 0 Å². The first-order valence-electron chi connectivity index (χ1n) is 5.93. The summed E-state index contributed by atoms with van der Waals surface area (Å²) < 4.78 is 60.6. The molecule has 0 aromatic heterocycles. The van der Waals surface area contributed by atoms with Gasteiger partial charge in [0.1, 0.15) is 14.8 Å². The number of hydrogen-bond acceptors (Lipinski definition) is 4. The van der Waals surface area contributed by atoms with Gasteiger partial charge in [-0.3, -0.25) is 0 Å². The Balaban J connectivity index is 2.84. The van der Waals surface area contributed by atoms with Crippen LogP contribution >= 0.6 is 12.2 Å². The van der Waals surface area contributed by atoms with Gasteiger partial charge in [0.15, 0.2) is 0 Å². The monoisotopic (exact) mass is 340 g/mol. The SMILES string of the molecule is CS(=O)(=O)CCCNc1ccc(C(N)=S)c(C(F)(F)F)c1. The van der Waals surface area contributed by atoms with Crippen LogP contribution in [0.3, 0.4) is 0 Å². The van der Waals surface area contributed by atoms with Crippen LogP contribution in [0.4, 0.5) is 18.9 Å². The molecule has 0 unspecified atom stereocenters. The molecule has 0 aliphatic heterocycles. The summed E-state index contributed by atoms with van der Waals surface area (Å²) in [5, 5.41) is 2.75. The molecule has 0 amide bonds. The van der Waals surface area contributed by atoms with Crippen molar-refractivity contribution in [2.24, 2.45) is 5.73 Å². The first kappa shape index (κ1) is 17.7. The molecule has 0 saturated heterocycles. The van der Waals surface area contributed by atoms with Crippen molar-refractivity contribution in [3.8, 4) is 0 Å². The van der Waals surface area contributed by atoms with Crippen LogP contribution < -0.4 is 11.1 Å². The number of nitrogens with two attached hydrogens (primary N) is 1. The van der Waals surface area contributed by atoms with Crippen molar-refractivity contribution in [1.82, 2.24) is 0 Å². The number of nitrogens with one attached hydrogen (secondary N) is 1. The highest BCUT2D eigenvalue weighted by Crippen LogP contribution is 2.33. The fourth-order valence-corrected chi connectivity index (χ4v) is 2.52. The van der Waals surface area contributed by atoms with Crippen LogP contribution in [0.25, 0.3) is 0 Å². The smallest absolute Gasteiger partial charge is 0.389 e. The number of alkyl halides is 3. The number of halogens is 3. The molecule has 0 heterocycles. The Morgan fingerprint density at radius 3 is 2.48 bits per heavy atom. The van der Waals surface area contributed by atoms with E-state index in [4.69, 9.17) is 5.73 Å². The molecule has 9 heteroatoms. The molecule has 3 N–H and O–H groups in total. The number of hydrogen-bond donors (Lipinski definition) is 2. The molecule has 0 aliphatic rings. The Kier molecular flexibility index (Phi) is 5.57. The number of rotatable bonds is 6. The van der Waals surface area contributed by atoms with Crippen molar-refractivity contribution >= 4 is 32.7 Å². The molecular formula is C12H15F3N2O2S2. The Morgan fingerprint density at radius 2 is 2.00 bits per heavy atom. The predicted octanol–water partition coefficient (Wildman–Crippen LogP) is 2.19. The van der Waals surface area contributed by atoms with Gasteiger partial charge in [-0.2, -0.15) is 13.2 Å². The van der Waals surface area contributed by atoms with Gasteiger partial charge in [-0.25, -0.2) is 8.42 Å². The zero-order valence-corrected chi connectivity index (χ0v) is 12.8. The third kappa shape index (κ3) is 5.88. The van der Waals surface area contributed by atoms with E-state index in [1.165, 1.54) is 12.1 Å². The third-order valence-electron chi connectivity index (χ3n) is 2.61. The summed E-state index contributed by atoms with van der Waals surface area (Å²) in [4.78, 5) is -0.328. The van der Waals surface area contributed by atoms with Crippen molar-refractivity contribution in [1.29, 1.82) is 0 Å². The summed E-state index contributed by atoms with van der Waals surface area (Å²) in [5.41, 5.74) is 4.36. The van der Waals surface area contributed by atoms with Crippen LogP contribution in [0.2, 0.25) is 0 Å². The third-order valence-corrected chi connectivity index (χ3v) is 3.86. The Labute approximate surface area is 126 Å². The van der Waals surface area contributed by atoms with Crippen LogP contribution in [-0.2, 0) is 16.0 Å². The molecule has 0 saturated carbocycles. The van der Waals surface area contributed by atoms with Gasteiger partial charge < -0.3 is 11.1 Å². The van der Waals surface area contributed by atoms with Gasteiger partial charge in [-0.05, 0) is 24.6 Å². The first-order chi connectivity index (χ1) is 9.50. The molecule has 0 aliphatic carbocycles. The molecule has 4 nitrogen and oxygen atoms in total. The van der Waals surface area contributed by atoms with E-state index in [0.717, 1.165) is 12.3 Å². The molecule has 1 aromatic carbocycles. The summed E-state index contributed by atoms with van der Waals surface area (Å²) in [5.74, 6) is -0.0307. The molecule has 21 heavy (non-hydrogen) atoms. The van der Waals surface area contributed by atoms with Crippen molar-refractivity contribution in [2.45, 2.75) is 12.6 Å². The predicted molar refractivity (Wildman–Crippen MR) is 80.1 cm³/mol. The van der Waals surface area contributed by atoms with Crippen LogP contribution in [0, 0.1) is 0 Å². The molecule has 1 rings (SSSR count). The van der Waals surface area contributed by atoms with Crippen LogP contribution in [0.1, 0.15) is 17.5 Å². The van der Waals surface area contributed by atoms with E-state index < -0.39 is 21.6 Å². The molecule has 118 valence electrons. The Morgan fingerprint density at radius 1 is 1.38 bits per heavy atom. The maximum atomic E-state index is 12.9. The lowest BCUT2D eigenvalue weighted by atomic mass is 10.1. The topological polar surface area (TPSA) is 72.2 Å². The van der Waals surface area contributed by atoms with E-state index in [9.17, 15) is 21.6 Å². The van der Waals surface area contributed by atoms with Gasteiger partial charge in [0, 0.05) is 24.1 Å². The summed E-state index contributed by atoms with van der Waals surface area (Å²) in [6.45, 7) is 0.247. The minimum atomic E-state index is -4.57. The molecule has 0 atom stereocenters. The second-order valence-electron chi connectivity index (χ2n) is 4.53. The Hall–Kier alpha value is -1.35. The number of sulfone groups is 1. The fraction of sp³-hybridized carbons (Fsp3) is 0.417. The van der Waals surface area contributed by atoms with Crippen LogP contribution in [0.5, 0.6) is 0 Å². The van der Waals surface area contributed by atoms with Crippen LogP contribution in [-0.4, -0.2) is 32.0 Å². The molecular weight excluding hydrogens is 325 g/mol. The van der Waals surface area contributed by atoms with Crippen molar-refractivity contribution in [3.05, 3.63) is 29.3 Å². The van der Waals surface area contributed by atoms with Crippen LogP contribution in [0.15, 0.2) is 18.2 Å². The van der Waals surface area contributed by atoms with Crippen molar-refractivity contribution in [3.63, 3.8) is 0 Å². The summed E-state index contributed by atoms with van der Waals surface area (Å²) in [6.07, 6.45) is -3.16. The highest BCUT2D eigenvalue weighted by molar-refractivity contribution is 7.90. The molecule has 0 fully saturated rings. The van der Waals surface area contributed by atoms with E-state index in [-0.39, 0.29) is 28.5 Å². The second kappa shape index (κ2) is 6.61. The standard InChI is InChI=1S/C12H15F3N2O2S2/c1-21(18,19)6-2-5-17-8-3-4-9(11(16)20)10(7-8)12(13,14)15/h3-4,7,17H,2,5-6H2,1H3,(H2,16,20). The van der Waals surface area contributed by atoms with E-state index in [2.05, 4.69) is 17.5 Å². The van der Waals surface area contributed by atoms with Gasteiger partial charge in [0.05, 0.1) is 11.3 Å². The molecule has 1 aromatic rings. The minimum absolute atomic E-state index is 0.0307. The summed E-state index contributed by atoms with van der Waals surface area (Å²) in [6, 6.07) is 3.53. The van der Waals surface area contributed by atoms with Crippen molar-refractivity contribution in [2.75, 3.05) is 23.9 Å². The van der Waals surface area contributed by atoms with E-state index in [1.54, 1.807) is 0 Å². The number of benzene rings is 1. The Bertz CT molecular complexity index is 628. The number of thiocarbonyl (C=S) groups is 1. The second-order valence-corrected chi connectivity index (χ2v) is 7.23. The van der Waals surface area contributed by atoms with Crippen molar-refractivity contribution < 1.29 is 21.6 Å². The number of anilines is 1. The van der Waals surface area contributed by atoms with Gasteiger partial charge in [0.25, 0.3) is 0 Å². The average Bonchev–Trinajstić information content (AvgIpc) is 2.32. The van der Waals surface area contributed by atoms with Gasteiger partial charge in [0.2, 0.25) is 0 Å². The lowest BCUT2D eigenvalue weighted by Gasteiger charge is -2.14. The molecule has 0 spiro atoms. The normalized spacial score (nSPS) is 12.2. The van der Waals surface area contributed by atoms with Gasteiger partial charge >= 0.3 is 6.18 Å². The molecule has 0 radical (unpaired) electrons. The minimum Gasteiger partial charge on any atom is -0.389 e. The lowest BCUT2D eigenvalue weighted by Crippen LogP contribution is -2.18.